The third-order valence-corrected chi connectivity index (χ3v) is 4.59. The summed E-state index contributed by atoms with van der Waals surface area (Å²) in [6, 6.07) is 17.2. The second-order valence-electron chi connectivity index (χ2n) is 6.58. The molecule has 3 rings (SSSR count). The molecule has 0 bridgehead atoms. The molecule has 1 aliphatic rings. The predicted octanol–water partition coefficient (Wildman–Crippen LogP) is 2.25. The number of amides is 1. The molecule has 0 aromatic heterocycles. The number of halogens is 1. The van der Waals surface area contributed by atoms with Crippen molar-refractivity contribution in [2.24, 2.45) is 0 Å². The van der Waals surface area contributed by atoms with E-state index in [1.54, 1.807) is 6.07 Å². The van der Waals surface area contributed by atoms with Crippen LogP contribution in [0.2, 0.25) is 0 Å². The first-order valence-electron chi connectivity index (χ1n) is 8.56. The zero-order valence-electron chi connectivity index (χ0n) is 14.0. The van der Waals surface area contributed by atoms with Gasteiger partial charge in [0.05, 0.1) is 12.1 Å². The molecule has 1 fully saturated rings. The average molecular weight is 327 g/mol. The molecule has 1 aliphatic carbocycles. The average Bonchev–Trinajstić information content (AvgIpc) is 3.42. The highest BCUT2D eigenvalue weighted by Crippen LogP contribution is 2.16. The monoisotopic (exact) mass is 327 g/mol. The van der Waals surface area contributed by atoms with Crippen molar-refractivity contribution >= 4 is 5.91 Å². The fraction of sp³-hybridized carbons (Fsp3) is 0.350. The summed E-state index contributed by atoms with van der Waals surface area (Å²) >= 11 is 0. The topological polar surface area (TPSA) is 33.5 Å². The van der Waals surface area contributed by atoms with Gasteiger partial charge < -0.3 is 10.2 Å². The van der Waals surface area contributed by atoms with E-state index in [1.165, 1.54) is 6.07 Å². The smallest absolute Gasteiger partial charge is 0.275 e. The van der Waals surface area contributed by atoms with Gasteiger partial charge in [-0.1, -0.05) is 48.5 Å². The van der Waals surface area contributed by atoms with E-state index < -0.39 is 0 Å². The van der Waals surface area contributed by atoms with Gasteiger partial charge >= 0.3 is 0 Å². The van der Waals surface area contributed by atoms with Crippen LogP contribution in [0.3, 0.4) is 0 Å². The van der Waals surface area contributed by atoms with E-state index >= 15 is 0 Å². The maximum Gasteiger partial charge on any atom is 0.275 e. The molecular weight excluding hydrogens is 303 g/mol. The van der Waals surface area contributed by atoms with Gasteiger partial charge in [0.15, 0.2) is 6.54 Å². The highest BCUT2D eigenvalue weighted by Gasteiger charge is 2.35. The summed E-state index contributed by atoms with van der Waals surface area (Å²) in [7, 11) is 0. The normalized spacial score (nSPS) is 16.4. The lowest BCUT2D eigenvalue weighted by molar-refractivity contribution is -0.917. The van der Waals surface area contributed by atoms with Crippen molar-refractivity contribution in [1.82, 2.24) is 5.32 Å². The van der Waals surface area contributed by atoms with Crippen LogP contribution >= 0.6 is 0 Å². The third-order valence-electron chi connectivity index (χ3n) is 4.59. The molecule has 0 radical (unpaired) electrons. The number of hydrogen-bond acceptors (Lipinski definition) is 1. The van der Waals surface area contributed by atoms with Crippen LogP contribution < -0.4 is 10.2 Å². The summed E-state index contributed by atoms with van der Waals surface area (Å²) in [5, 5.41) is 3.06. The molecular formula is C20H24FN2O+. The second-order valence-corrected chi connectivity index (χ2v) is 6.58. The molecule has 126 valence electrons. The summed E-state index contributed by atoms with van der Waals surface area (Å²) in [5.74, 6) is -0.168. The fourth-order valence-corrected chi connectivity index (χ4v) is 3.05. The third kappa shape index (κ3) is 4.42. The molecule has 0 heterocycles. The molecule has 0 saturated heterocycles. The van der Waals surface area contributed by atoms with Crippen LogP contribution in [0.4, 0.5) is 4.39 Å². The van der Waals surface area contributed by atoms with Gasteiger partial charge in [-0.25, -0.2) is 4.39 Å². The van der Waals surface area contributed by atoms with Gasteiger partial charge in [-0.3, -0.25) is 4.79 Å². The lowest BCUT2D eigenvalue weighted by atomic mass is 10.1. The number of carbonyl (C=O) groups is 1. The largest absolute Gasteiger partial charge is 0.345 e. The highest BCUT2D eigenvalue weighted by atomic mass is 19.1. The minimum atomic E-state index is -0.186. The first kappa shape index (κ1) is 16.7. The highest BCUT2D eigenvalue weighted by molar-refractivity contribution is 5.77. The van der Waals surface area contributed by atoms with Gasteiger partial charge in [0.2, 0.25) is 0 Å². The van der Waals surface area contributed by atoms with Crippen LogP contribution in [-0.4, -0.2) is 18.5 Å². The van der Waals surface area contributed by atoms with E-state index in [0.29, 0.717) is 24.7 Å². The molecule has 2 aromatic carbocycles. The van der Waals surface area contributed by atoms with E-state index in [0.717, 1.165) is 23.3 Å². The van der Waals surface area contributed by atoms with E-state index in [9.17, 15) is 9.18 Å². The number of quaternary nitrogens is 1. The van der Waals surface area contributed by atoms with Crippen molar-refractivity contribution in [3.8, 4) is 0 Å². The number of rotatable bonds is 7. The van der Waals surface area contributed by atoms with E-state index in [1.807, 2.05) is 49.4 Å². The lowest BCUT2D eigenvalue weighted by Crippen LogP contribution is -3.13. The molecule has 1 amide bonds. The maximum atomic E-state index is 13.9. The Morgan fingerprint density at radius 3 is 2.50 bits per heavy atom. The Kier molecular flexibility index (Phi) is 5.26. The maximum absolute atomic E-state index is 13.9. The molecule has 1 unspecified atom stereocenters. The van der Waals surface area contributed by atoms with E-state index in [4.69, 9.17) is 0 Å². The standard InChI is InChI=1S/C20H23FN2O/c1-15(16-7-3-2-4-8-16)22-20(24)14-23(18-11-12-18)13-17-9-5-6-10-19(17)21/h2-10,15,18H,11-14H2,1H3,(H,22,24)/p+1/t15-/m0/s1. The summed E-state index contributed by atoms with van der Waals surface area (Å²) in [6.07, 6.45) is 2.23. The quantitative estimate of drug-likeness (QED) is 0.803. The summed E-state index contributed by atoms with van der Waals surface area (Å²) in [4.78, 5) is 13.6. The summed E-state index contributed by atoms with van der Waals surface area (Å²) < 4.78 is 13.9. The Labute approximate surface area is 142 Å². The molecule has 0 aliphatic heterocycles. The predicted molar refractivity (Wildman–Crippen MR) is 92.0 cm³/mol. The van der Waals surface area contributed by atoms with Crippen LogP contribution in [0.25, 0.3) is 0 Å². The van der Waals surface area contributed by atoms with Crippen molar-refractivity contribution in [3.63, 3.8) is 0 Å². The number of carbonyl (C=O) groups excluding carboxylic acids is 1. The van der Waals surface area contributed by atoms with Crippen LogP contribution in [0, 0.1) is 5.82 Å². The van der Waals surface area contributed by atoms with Crippen LogP contribution in [0.15, 0.2) is 54.6 Å². The fourth-order valence-electron chi connectivity index (χ4n) is 3.05. The van der Waals surface area contributed by atoms with E-state index in [-0.39, 0.29) is 17.8 Å². The molecule has 24 heavy (non-hydrogen) atoms. The molecule has 2 aromatic rings. The minimum Gasteiger partial charge on any atom is -0.345 e. The number of nitrogens with one attached hydrogen (secondary N) is 2. The molecule has 3 nitrogen and oxygen atoms in total. The molecule has 0 spiro atoms. The Hall–Kier alpha value is -2.20. The van der Waals surface area contributed by atoms with E-state index in [2.05, 4.69) is 5.32 Å². The van der Waals surface area contributed by atoms with Crippen LogP contribution in [0.5, 0.6) is 0 Å². The Balaban J connectivity index is 1.59. The first-order chi connectivity index (χ1) is 11.6. The Bertz CT molecular complexity index is 685. The number of benzene rings is 2. The van der Waals surface area contributed by atoms with Gasteiger partial charge in [-0.05, 0) is 18.6 Å². The van der Waals surface area contributed by atoms with Gasteiger partial charge in [-0.15, -0.1) is 0 Å². The van der Waals surface area contributed by atoms with Crippen molar-refractivity contribution in [3.05, 3.63) is 71.5 Å². The van der Waals surface area contributed by atoms with Gasteiger partial charge in [-0.2, -0.15) is 0 Å². The van der Waals surface area contributed by atoms with Gasteiger partial charge in [0, 0.05) is 18.4 Å². The zero-order chi connectivity index (χ0) is 16.9. The second kappa shape index (κ2) is 7.58. The van der Waals surface area contributed by atoms with Crippen molar-refractivity contribution < 1.29 is 14.1 Å². The van der Waals surface area contributed by atoms with Gasteiger partial charge in [0.25, 0.3) is 5.91 Å². The summed E-state index contributed by atoms with van der Waals surface area (Å²) in [6.45, 7) is 2.93. The summed E-state index contributed by atoms with van der Waals surface area (Å²) in [5.41, 5.74) is 1.77. The lowest BCUT2D eigenvalue weighted by Gasteiger charge is -2.21. The Morgan fingerprint density at radius 1 is 1.17 bits per heavy atom. The van der Waals surface area contributed by atoms with Crippen molar-refractivity contribution in [2.75, 3.05) is 6.54 Å². The van der Waals surface area contributed by atoms with Gasteiger partial charge in [0.1, 0.15) is 12.4 Å². The molecule has 2 atom stereocenters. The first-order valence-corrected chi connectivity index (χ1v) is 8.56. The molecule has 1 saturated carbocycles. The van der Waals surface area contributed by atoms with Crippen molar-refractivity contribution in [1.29, 1.82) is 0 Å². The van der Waals surface area contributed by atoms with Crippen molar-refractivity contribution in [2.45, 2.75) is 38.4 Å². The van der Waals surface area contributed by atoms with Crippen LogP contribution in [-0.2, 0) is 11.3 Å². The molecule has 4 heteroatoms. The Morgan fingerprint density at radius 2 is 1.83 bits per heavy atom. The van der Waals surface area contributed by atoms with Crippen LogP contribution in [0.1, 0.15) is 36.9 Å². The zero-order valence-corrected chi connectivity index (χ0v) is 14.0. The minimum absolute atomic E-state index is 0.0181. The number of hydrogen-bond donors (Lipinski definition) is 2. The molecule has 2 N–H and O–H groups in total. The SMILES string of the molecule is C[C@H](NC(=O)C[NH+](Cc1ccccc1F)C1CC1)c1ccccc1.